The number of hydrogen-bond donors (Lipinski definition) is 1. The zero-order valence-corrected chi connectivity index (χ0v) is 16.6. The van der Waals surface area contributed by atoms with Crippen LogP contribution < -0.4 is 14.2 Å². The average Bonchev–Trinajstić information content (AvgIpc) is 3.40. The molecular weight excluding hydrogens is 416 g/mol. The minimum absolute atomic E-state index is 0.0221. The maximum absolute atomic E-state index is 12.9. The fourth-order valence-electron chi connectivity index (χ4n) is 3.91. The van der Waals surface area contributed by atoms with Crippen LogP contribution in [0.4, 0.5) is 0 Å². The van der Waals surface area contributed by atoms with Crippen LogP contribution in [-0.4, -0.2) is 29.4 Å². The van der Waals surface area contributed by atoms with Crippen molar-refractivity contribution in [3.05, 3.63) is 83.0 Å². The number of aliphatic carboxylic acids is 1. The molecule has 2 aliphatic heterocycles. The molecule has 5 rings (SSSR count). The van der Waals surface area contributed by atoms with Crippen molar-refractivity contribution >= 4 is 23.8 Å². The molecule has 0 amide bonds. The van der Waals surface area contributed by atoms with E-state index in [4.69, 9.17) is 23.7 Å². The summed E-state index contributed by atoms with van der Waals surface area (Å²) < 4.78 is 22.1. The zero-order chi connectivity index (χ0) is 22.2. The molecule has 2 aromatic carbocycles. The normalized spacial score (nSPS) is 18.0. The number of benzene rings is 2. The third-order valence-electron chi connectivity index (χ3n) is 5.24. The topological polar surface area (TPSA) is 112 Å². The number of allylic oxidation sites excluding steroid dienone is 1. The Morgan fingerprint density at radius 2 is 1.94 bits per heavy atom. The summed E-state index contributed by atoms with van der Waals surface area (Å²) in [5.41, 5.74) is 1.47. The molecule has 1 aromatic heterocycles. The summed E-state index contributed by atoms with van der Waals surface area (Å²) in [6, 6.07) is 13.4. The first-order valence-corrected chi connectivity index (χ1v) is 9.80. The molecule has 0 bridgehead atoms. The molecule has 1 atom stereocenters. The van der Waals surface area contributed by atoms with Crippen LogP contribution in [-0.2, 0) is 9.59 Å². The molecule has 0 saturated carbocycles. The van der Waals surface area contributed by atoms with E-state index in [1.165, 1.54) is 12.3 Å². The molecule has 0 radical (unpaired) electrons. The summed E-state index contributed by atoms with van der Waals surface area (Å²) in [6.07, 6.45) is 2.97. The number of carbonyl (C=O) groups is 3. The minimum Gasteiger partial charge on any atom is -0.482 e. The first kappa shape index (κ1) is 19.6. The number of carboxylic acid groups (broad SMARTS) is 1. The Kier molecular flexibility index (Phi) is 4.74. The number of esters is 1. The van der Waals surface area contributed by atoms with Gasteiger partial charge in [-0.2, -0.15) is 0 Å². The van der Waals surface area contributed by atoms with Gasteiger partial charge in [-0.1, -0.05) is 18.2 Å². The highest BCUT2D eigenvalue weighted by molar-refractivity contribution is 6.15. The van der Waals surface area contributed by atoms with Crippen molar-refractivity contribution in [1.29, 1.82) is 0 Å². The van der Waals surface area contributed by atoms with Crippen LogP contribution in [0.1, 0.15) is 39.6 Å². The molecule has 0 fully saturated rings. The predicted octanol–water partition coefficient (Wildman–Crippen LogP) is 3.80. The second-order valence-corrected chi connectivity index (χ2v) is 7.26. The maximum Gasteiger partial charge on any atom is 0.341 e. The molecule has 1 N–H and O–H groups in total. The van der Waals surface area contributed by atoms with Crippen LogP contribution in [0.2, 0.25) is 0 Å². The van der Waals surface area contributed by atoms with Gasteiger partial charge in [0.05, 0.1) is 18.2 Å². The molecule has 0 spiro atoms. The Bertz CT molecular complexity index is 1270. The monoisotopic (exact) mass is 432 g/mol. The number of rotatable bonds is 5. The number of furan rings is 1. The van der Waals surface area contributed by atoms with Crippen LogP contribution in [0, 0.1) is 0 Å². The molecular formula is C24H16O8. The van der Waals surface area contributed by atoms with Crippen molar-refractivity contribution in [3.63, 3.8) is 0 Å². The SMILES string of the molecule is O=C(O)COc1ccccc1[C@@H]1CC(=O)Oc2ccc3c(c21)O/C(=C\c1ccco1)C3=O. The molecule has 0 unspecified atom stereocenters. The fourth-order valence-corrected chi connectivity index (χ4v) is 3.91. The summed E-state index contributed by atoms with van der Waals surface area (Å²) in [5, 5.41) is 9.00. The third-order valence-corrected chi connectivity index (χ3v) is 5.24. The van der Waals surface area contributed by atoms with Gasteiger partial charge < -0.3 is 23.7 Å². The van der Waals surface area contributed by atoms with Crippen LogP contribution in [0.3, 0.4) is 0 Å². The highest BCUT2D eigenvalue weighted by atomic mass is 16.5. The van der Waals surface area contributed by atoms with E-state index in [0.29, 0.717) is 33.9 Å². The molecule has 0 saturated heterocycles. The second kappa shape index (κ2) is 7.73. The maximum atomic E-state index is 12.9. The number of carboxylic acids is 1. The first-order valence-electron chi connectivity index (χ1n) is 9.80. The van der Waals surface area contributed by atoms with Gasteiger partial charge >= 0.3 is 11.9 Å². The summed E-state index contributed by atoms with van der Waals surface area (Å²) in [6.45, 7) is -0.529. The van der Waals surface area contributed by atoms with E-state index in [0.717, 1.165) is 0 Å². The smallest absolute Gasteiger partial charge is 0.341 e. The highest BCUT2D eigenvalue weighted by Gasteiger charge is 2.39. The van der Waals surface area contributed by atoms with Crippen molar-refractivity contribution < 1.29 is 38.1 Å². The Hall–Kier alpha value is -4.33. The van der Waals surface area contributed by atoms with Crippen LogP contribution in [0.15, 0.2) is 65.0 Å². The van der Waals surface area contributed by atoms with E-state index in [1.807, 2.05) is 0 Å². The van der Waals surface area contributed by atoms with Crippen molar-refractivity contribution in [3.8, 4) is 17.2 Å². The van der Waals surface area contributed by atoms with Gasteiger partial charge in [0.25, 0.3) is 0 Å². The van der Waals surface area contributed by atoms with E-state index >= 15 is 0 Å². The number of carbonyl (C=O) groups excluding carboxylic acids is 2. The van der Waals surface area contributed by atoms with E-state index in [9.17, 15) is 14.4 Å². The number of fused-ring (bicyclic) bond motifs is 3. The minimum atomic E-state index is -1.12. The lowest BCUT2D eigenvalue weighted by Gasteiger charge is -2.27. The van der Waals surface area contributed by atoms with Gasteiger partial charge in [0.15, 0.2) is 12.4 Å². The van der Waals surface area contributed by atoms with Crippen molar-refractivity contribution in [2.45, 2.75) is 12.3 Å². The Balaban J connectivity index is 1.61. The Labute approximate surface area is 181 Å². The number of ketones is 1. The van der Waals surface area contributed by atoms with Gasteiger partial charge in [0.1, 0.15) is 23.0 Å². The lowest BCUT2D eigenvalue weighted by molar-refractivity contribution is -0.139. The van der Waals surface area contributed by atoms with Crippen LogP contribution >= 0.6 is 0 Å². The number of hydrogen-bond acceptors (Lipinski definition) is 7. The van der Waals surface area contributed by atoms with Gasteiger partial charge in [-0.05, 0) is 30.3 Å². The largest absolute Gasteiger partial charge is 0.482 e. The average molecular weight is 432 g/mol. The van der Waals surface area contributed by atoms with Gasteiger partial charge in [-0.3, -0.25) is 9.59 Å². The molecule has 8 heteroatoms. The quantitative estimate of drug-likeness (QED) is 0.368. The van der Waals surface area contributed by atoms with Crippen molar-refractivity contribution in [1.82, 2.24) is 0 Å². The molecule has 8 nitrogen and oxygen atoms in total. The van der Waals surface area contributed by atoms with E-state index < -0.39 is 24.5 Å². The highest BCUT2D eigenvalue weighted by Crippen LogP contribution is 2.50. The second-order valence-electron chi connectivity index (χ2n) is 7.26. The number of ether oxygens (including phenoxy) is 3. The van der Waals surface area contributed by atoms with Gasteiger partial charge in [0.2, 0.25) is 5.78 Å². The van der Waals surface area contributed by atoms with Crippen molar-refractivity contribution in [2.24, 2.45) is 0 Å². The Morgan fingerprint density at radius 3 is 2.72 bits per heavy atom. The van der Waals surface area contributed by atoms with Crippen LogP contribution in [0.25, 0.3) is 6.08 Å². The summed E-state index contributed by atoms with van der Waals surface area (Å²) >= 11 is 0. The van der Waals surface area contributed by atoms with Crippen molar-refractivity contribution in [2.75, 3.05) is 6.61 Å². The molecule has 2 aliphatic rings. The molecule has 3 heterocycles. The van der Waals surface area contributed by atoms with E-state index in [-0.39, 0.29) is 23.7 Å². The number of para-hydroxylation sites is 1. The van der Waals surface area contributed by atoms with E-state index in [2.05, 4.69) is 0 Å². The molecule has 0 aliphatic carbocycles. The van der Waals surface area contributed by atoms with Gasteiger partial charge in [-0.15, -0.1) is 0 Å². The summed E-state index contributed by atoms with van der Waals surface area (Å²) in [7, 11) is 0. The fraction of sp³-hybridized carbons (Fsp3) is 0.125. The van der Waals surface area contributed by atoms with Gasteiger partial charge in [0, 0.05) is 23.1 Å². The third kappa shape index (κ3) is 3.41. The summed E-state index contributed by atoms with van der Waals surface area (Å²) in [4.78, 5) is 36.3. The molecule has 3 aromatic rings. The summed E-state index contributed by atoms with van der Waals surface area (Å²) in [5.74, 6) is -0.973. The predicted molar refractivity (Wildman–Crippen MR) is 110 cm³/mol. The van der Waals surface area contributed by atoms with E-state index in [1.54, 1.807) is 48.5 Å². The lowest BCUT2D eigenvalue weighted by atomic mass is 9.84. The first-order chi connectivity index (χ1) is 15.5. The molecule has 32 heavy (non-hydrogen) atoms. The van der Waals surface area contributed by atoms with Crippen LogP contribution in [0.5, 0.6) is 17.2 Å². The zero-order valence-electron chi connectivity index (χ0n) is 16.6. The molecule has 160 valence electrons. The Morgan fingerprint density at radius 1 is 1.09 bits per heavy atom. The number of Topliss-reactive ketones (excluding diaryl/α,β-unsaturated/α-hetero) is 1. The standard InChI is InChI=1S/C24H16O8/c25-20(26)12-30-17-6-2-1-5-14(17)16-11-21(27)31-18-8-7-15-23(28)19(32-24(15)22(16)18)10-13-4-3-9-29-13/h1-10,16H,11-12H2,(H,25,26)/b19-10-/t16-/m0/s1. The van der Waals surface area contributed by atoms with Gasteiger partial charge in [-0.25, -0.2) is 4.79 Å². The lowest BCUT2D eigenvalue weighted by Crippen LogP contribution is -2.22.